The van der Waals surface area contributed by atoms with Gasteiger partial charge < -0.3 is 13.1 Å². The van der Waals surface area contributed by atoms with Gasteiger partial charge in [0.05, 0.1) is 0 Å². The second kappa shape index (κ2) is 5.56. The van der Waals surface area contributed by atoms with Crippen molar-refractivity contribution >= 4 is 16.1 Å². The van der Waals surface area contributed by atoms with Crippen molar-refractivity contribution in [1.82, 2.24) is 0 Å². The smallest absolute Gasteiger partial charge is 0.358 e. The molecular weight excluding hydrogens is 211 g/mol. The van der Waals surface area contributed by atoms with Gasteiger partial charge in [0.2, 0.25) is 0 Å². The Morgan fingerprint density at radius 1 is 0.727 bits per heavy atom. The molecule has 0 saturated carbocycles. The van der Waals surface area contributed by atoms with E-state index >= 15 is 0 Å². The van der Waals surface area contributed by atoms with Crippen molar-refractivity contribution in [2.45, 2.75) is 39.3 Å². The molecule has 0 fully saturated rings. The van der Waals surface area contributed by atoms with Gasteiger partial charge in [-0.15, -0.1) is 16.1 Å². The topological polar surface area (TPSA) is 0 Å². The summed E-state index contributed by atoms with van der Waals surface area (Å²) in [6, 6.07) is 0. The third kappa shape index (κ3) is 18.2. The summed E-state index contributed by atoms with van der Waals surface area (Å²) < 4.78 is 0. The summed E-state index contributed by atoms with van der Waals surface area (Å²) in [4.78, 5) is 0. The van der Waals surface area contributed by atoms with E-state index in [0.29, 0.717) is 0 Å². The van der Waals surface area contributed by atoms with Crippen LogP contribution in [0.5, 0.6) is 0 Å². The molecule has 11 heavy (non-hydrogen) atoms. The van der Waals surface area contributed by atoms with Gasteiger partial charge in [0.25, 0.3) is 0 Å². The molecule has 0 N–H and O–H groups in total. The Hall–Kier alpha value is 0.940. The van der Waals surface area contributed by atoms with Gasteiger partial charge in [-0.25, -0.2) is 0 Å². The van der Waals surface area contributed by atoms with Crippen LogP contribution >= 0.6 is 0 Å². The van der Waals surface area contributed by atoms with E-state index in [1.54, 1.807) is 0 Å². The molecule has 0 amide bonds. The van der Waals surface area contributed by atoms with Crippen LogP contribution in [-0.2, 0) is 16.8 Å². The van der Waals surface area contributed by atoms with Crippen LogP contribution in [0.4, 0.5) is 0 Å². The molecule has 0 aromatic carbocycles. The third-order valence-electron chi connectivity index (χ3n) is 0.866. The van der Waals surface area contributed by atoms with Gasteiger partial charge in [0.15, 0.2) is 0 Å². The Morgan fingerprint density at radius 3 is 0.909 bits per heavy atom. The van der Waals surface area contributed by atoms with Crippen molar-refractivity contribution in [3.05, 3.63) is 13.1 Å². The first kappa shape index (κ1) is 17.9. The maximum atomic E-state index is 2.65. The standard InChI is InChI=1S/C7H19Si2.CH3.Co/c1-8(2,3)7-9(4,5)6;;/h7H,1-6H3;1H3;/q2*-1;+2. The van der Waals surface area contributed by atoms with Crippen LogP contribution in [0, 0.1) is 13.1 Å². The SMILES string of the molecule is C[Si](C)(C)[CH-][Si](C)(C)C.[CH3-].[Co+2]. The van der Waals surface area contributed by atoms with Crippen molar-refractivity contribution in [2.75, 3.05) is 0 Å². The molecule has 71 valence electrons. The molecule has 0 aliphatic rings. The van der Waals surface area contributed by atoms with Crippen molar-refractivity contribution < 1.29 is 16.8 Å². The van der Waals surface area contributed by atoms with Gasteiger partial charge in [-0.1, -0.05) is 39.3 Å². The minimum absolute atomic E-state index is 0. The van der Waals surface area contributed by atoms with E-state index in [4.69, 9.17) is 0 Å². The summed E-state index contributed by atoms with van der Waals surface area (Å²) in [6.07, 6.45) is 0. The fraction of sp³-hybridized carbons (Fsp3) is 0.750. The van der Waals surface area contributed by atoms with Crippen molar-refractivity contribution in [3.63, 3.8) is 0 Å². The maximum Gasteiger partial charge on any atom is 2.00 e. The van der Waals surface area contributed by atoms with Crippen molar-refractivity contribution in [2.24, 2.45) is 0 Å². The molecule has 0 aromatic rings. The van der Waals surface area contributed by atoms with Crippen LogP contribution in [0.15, 0.2) is 0 Å². The van der Waals surface area contributed by atoms with E-state index in [0.717, 1.165) is 0 Å². The fourth-order valence-corrected chi connectivity index (χ4v) is 11.7. The fourth-order valence-electron chi connectivity index (χ4n) is 1.30. The van der Waals surface area contributed by atoms with E-state index in [-0.39, 0.29) is 24.2 Å². The van der Waals surface area contributed by atoms with Crippen LogP contribution in [-0.4, -0.2) is 16.1 Å². The number of hydrogen-bond acceptors (Lipinski definition) is 0. The Balaban J connectivity index is -0.000000320. The summed E-state index contributed by atoms with van der Waals surface area (Å²) in [5, 5.41) is 0. The molecule has 0 saturated heterocycles. The first-order valence-electron chi connectivity index (χ1n) is 3.58. The zero-order valence-corrected chi connectivity index (χ0v) is 12.0. The Kier molecular flexibility index (Phi) is 9.04. The molecule has 0 aliphatic carbocycles. The van der Waals surface area contributed by atoms with Gasteiger partial charge >= 0.3 is 16.8 Å². The molecule has 0 unspecified atom stereocenters. The minimum Gasteiger partial charge on any atom is -0.358 e. The van der Waals surface area contributed by atoms with Crippen LogP contribution in [0.25, 0.3) is 0 Å². The van der Waals surface area contributed by atoms with Crippen LogP contribution < -0.4 is 0 Å². The molecular formula is C8H22CoSi2. The first-order valence-corrected chi connectivity index (χ1v) is 10.7. The maximum absolute atomic E-state index is 2.65. The van der Waals surface area contributed by atoms with E-state index < -0.39 is 16.1 Å². The quantitative estimate of drug-likeness (QED) is 0.506. The Bertz CT molecular complexity index is 77.2. The largest absolute Gasteiger partial charge is 2.00 e. The van der Waals surface area contributed by atoms with Crippen LogP contribution in [0.1, 0.15) is 0 Å². The van der Waals surface area contributed by atoms with Gasteiger partial charge in [0, 0.05) is 0 Å². The van der Waals surface area contributed by atoms with E-state index in [2.05, 4.69) is 44.9 Å². The Labute approximate surface area is 85.4 Å². The predicted octanol–water partition coefficient (Wildman–Crippen LogP) is 3.39. The van der Waals surface area contributed by atoms with E-state index in [9.17, 15) is 0 Å². The Morgan fingerprint density at radius 2 is 0.909 bits per heavy atom. The molecule has 0 heterocycles. The monoisotopic (exact) mass is 233 g/mol. The van der Waals surface area contributed by atoms with E-state index in [1.165, 1.54) is 0 Å². The van der Waals surface area contributed by atoms with Gasteiger partial charge in [0.1, 0.15) is 0 Å². The van der Waals surface area contributed by atoms with Crippen LogP contribution in [0.3, 0.4) is 0 Å². The van der Waals surface area contributed by atoms with Crippen molar-refractivity contribution in [3.8, 4) is 0 Å². The molecule has 0 spiro atoms. The van der Waals surface area contributed by atoms with Gasteiger partial charge in [-0.3, -0.25) is 0 Å². The number of hydrogen-bond donors (Lipinski definition) is 0. The molecule has 0 atom stereocenters. The summed E-state index contributed by atoms with van der Waals surface area (Å²) in [5.74, 6) is 0. The second-order valence-electron chi connectivity index (χ2n) is 4.88. The minimum atomic E-state index is -0.856. The van der Waals surface area contributed by atoms with Gasteiger partial charge in [-0.05, 0) is 0 Å². The predicted molar refractivity (Wildman–Crippen MR) is 57.4 cm³/mol. The summed E-state index contributed by atoms with van der Waals surface area (Å²) in [7, 11) is -1.71. The second-order valence-corrected chi connectivity index (χ2v) is 15.5. The average Bonchev–Trinajstić information content (AvgIpc) is 1.14. The summed E-state index contributed by atoms with van der Waals surface area (Å²) in [5.41, 5.74) is 2.65. The molecule has 0 bridgehead atoms. The molecule has 0 aliphatic heterocycles. The normalized spacial score (nSPS) is 11.5. The summed E-state index contributed by atoms with van der Waals surface area (Å²) >= 11 is 0. The van der Waals surface area contributed by atoms with Crippen LogP contribution in [0.2, 0.25) is 39.3 Å². The zero-order chi connectivity index (χ0) is 7.71. The van der Waals surface area contributed by atoms with Crippen molar-refractivity contribution in [1.29, 1.82) is 0 Å². The van der Waals surface area contributed by atoms with E-state index in [1.807, 2.05) is 0 Å². The molecule has 0 nitrogen and oxygen atoms in total. The molecule has 3 heteroatoms. The molecule has 1 radical (unpaired) electrons. The molecule has 0 aromatic heterocycles. The first-order chi connectivity index (χ1) is 3.71. The average molecular weight is 233 g/mol. The zero-order valence-electron chi connectivity index (χ0n) is 8.91. The third-order valence-corrected chi connectivity index (χ3v) is 7.79. The summed E-state index contributed by atoms with van der Waals surface area (Å²) in [6.45, 7) is 14.4. The van der Waals surface area contributed by atoms with Gasteiger partial charge in [-0.2, -0.15) is 0 Å². The molecule has 0 rings (SSSR count). The number of rotatable bonds is 2.